The first kappa shape index (κ1) is 46.7. The molecule has 0 saturated carbocycles. The largest absolute Gasteiger partial charge is 0.461 e. The molecule has 0 bridgehead atoms. The van der Waals surface area contributed by atoms with Crippen LogP contribution < -0.4 is 9.80 Å². The molecule has 2 aliphatic heterocycles. The fourth-order valence-corrected chi connectivity index (χ4v) is 6.88. The molecule has 0 unspecified atom stereocenters. The van der Waals surface area contributed by atoms with Gasteiger partial charge in [-0.3, -0.25) is 19.2 Å². The number of carbonyl (C=O) groups excluding carboxylic acids is 6. The van der Waals surface area contributed by atoms with Gasteiger partial charge in [-0.25, -0.2) is 19.4 Å². The van der Waals surface area contributed by atoms with E-state index in [-0.39, 0.29) is 84.4 Å². The summed E-state index contributed by atoms with van der Waals surface area (Å²) in [5.41, 5.74) is -0.986. The third-order valence-electron chi connectivity index (χ3n) is 10.7. The second-order valence-corrected chi connectivity index (χ2v) is 15.0. The smallest absolute Gasteiger partial charge is 0.338 e. The minimum atomic E-state index is -0.715. The van der Waals surface area contributed by atoms with Crippen molar-refractivity contribution in [3.8, 4) is 0 Å². The van der Waals surface area contributed by atoms with Crippen LogP contribution in [0.25, 0.3) is 0 Å². The van der Waals surface area contributed by atoms with Crippen LogP contribution in [0.3, 0.4) is 0 Å². The lowest BCUT2D eigenvalue weighted by Gasteiger charge is -2.31. The fraction of sp³-hybridized carbons (Fsp3) is 0.333. The van der Waals surface area contributed by atoms with E-state index < -0.39 is 46.4 Å². The van der Waals surface area contributed by atoms with Crippen molar-refractivity contribution in [1.29, 1.82) is 0 Å². The summed E-state index contributed by atoms with van der Waals surface area (Å²) in [4.78, 5) is 83.5. The number of benzene rings is 3. The molecule has 0 radical (unpaired) electrons. The van der Waals surface area contributed by atoms with E-state index in [1.165, 1.54) is 60.7 Å². The fourth-order valence-electron chi connectivity index (χ4n) is 6.88. The first-order chi connectivity index (χ1) is 29.9. The topological polar surface area (TPSA) is 164 Å². The maximum absolute atomic E-state index is 13.8. The molecule has 0 saturated heterocycles. The second kappa shape index (κ2) is 21.5. The molecular formula is C48H52N2O12. The number of ether oxygens (including phenoxy) is 6. The highest BCUT2D eigenvalue weighted by atomic mass is 16.5. The van der Waals surface area contributed by atoms with Gasteiger partial charge in [0.2, 0.25) is 0 Å². The molecule has 62 heavy (non-hydrogen) atoms. The van der Waals surface area contributed by atoms with Gasteiger partial charge < -0.3 is 28.4 Å². The number of carbonyl (C=O) groups is 6. The van der Waals surface area contributed by atoms with Gasteiger partial charge in [0.05, 0.1) is 108 Å². The zero-order valence-electron chi connectivity index (χ0n) is 35.2. The number of nitrogens with zero attached hydrogens (tertiary/aromatic N) is 2. The lowest BCUT2D eigenvalue weighted by Crippen LogP contribution is -2.37. The average Bonchev–Trinajstić information content (AvgIpc) is 3.69. The Morgan fingerprint density at radius 1 is 0.500 bits per heavy atom. The van der Waals surface area contributed by atoms with Crippen LogP contribution in [0.15, 0.2) is 111 Å². The van der Waals surface area contributed by atoms with Gasteiger partial charge in [-0.15, -0.1) is 26.3 Å². The minimum Gasteiger partial charge on any atom is -0.461 e. The molecule has 0 aliphatic carbocycles. The van der Waals surface area contributed by atoms with E-state index in [2.05, 4.69) is 26.3 Å². The summed E-state index contributed by atoms with van der Waals surface area (Å²) >= 11 is 0. The summed E-state index contributed by atoms with van der Waals surface area (Å²) in [7, 11) is 0. The molecule has 2 aliphatic rings. The summed E-state index contributed by atoms with van der Waals surface area (Å²) in [6, 6.07) is 14.0. The number of hydrogen-bond donors (Lipinski definition) is 0. The number of anilines is 2. The van der Waals surface area contributed by atoms with Crippen LogP contribution in [-0.2, 0) is 28.4 Å². The minimum absolute atomic E-state index is 0.0230. The van der Waals surface area contributed by atoms with Crippen molar-refractivity contribution < 1.29 is 57.2 Å². The Morgan fingerprint density at radius 2 is 0.839 bits per heavy atom. The van der Waals surface area contributed by atoms with Gasteiger partial charge in [0.15, 0.2) is 0 Å². The van der Waals surface area contributed by atoms with Crippen molar-refractivity contribution in [2.24, 2.45) is 10.8 Å². The van der Waals surface area contributed by atoms with E-state index in [0.717, 1.165) is 9.80 Å². The van der Waals surface area contributed by atoms with Gasteiger partial charge in [0, 0.05) is 0 Å². The summed E-state index contributed by atoms with van der Waals surface area (Å²) in [6.45, 7) is 20.6. The zero-order chi connectivity index (χ0) is 44.9. The molecular weight excluding hydrogens is 797 g/mol. The Morgan fingerprint density at radius 3 is 1.16 bits per heavy atom. The lowest BCUT2D eigenvalue weighted by atomic mass is 9.88. The average molecular weight is 849 g/mol. The van der Waals surface area contributed by atoms with Crippen LogP contribution in [0.1, 0.15) is 88.8 Å². The first-order valence-corrected chi connectivity index (χ1v) is 20.2. The quantitative estimate of drug-likeness (QED) is 0.0346. The summed E-state index contributed by atoms with van der Waals surface area (Å²) in [5.74, 6) is -4.18. The van der Waals surface area contributed by atoms with Crippen molar-refractivity contribution in [3.63, 3.8) is 0 Å². The van der Waals surface area contributed by atoms with Crippen molar-refractivity contribution in [2.45, 2.75) is 26.7 Å². The summed E-state index contributed by atoms with van der Waals surface area (Å²) in [6.07, 6.45) is 7.60. The van der Waals surface area contributed by atoms with Crippen molar-refractivity contribution >= 4 is 46.9 Å². The maximum atomic E-state index is 13.8. The molecule has 0 fully saturated rings. The van der Waals surface area contributed by atoms with Gasteiger partial charge in [-0.05, 0) is 67.4 Å². The number of hydrogen-bond acceptors (Lipinski definition) is 12. The monoisotopic (exact) mass is 848 g/mol. The summed E-state index contributed by atoms with van der Waals surface area (Å²) in [5, 5.41) is 0. The lowest BCUT2D eigenvalue weighted by molar-refractivity contribution is -0.0514. The number of rotatable bonds is 26. The van der Waals surface area contributed by atoms with E-state index in [9.17, 15) is 28.8 Å². The SMILES string of the molecule is C=CCOCC(CC)(COCC=C)COC(=O)c1ccc2c(c1)C(=O)N(c1cccc(N3C(=O)c4ccc(C(=O)OCC(CC)(COCC=C)COCC=C)cc4C3=O)c1)C2=O. The molecule has 3 aromatic rings. The van der Waals surface area contributed by atoms with Crippen LogP contribution >= 0.6 is 0 Å². The molecule has 0 atom stereocenters. The predicted octanol–water partition coefficient (Wildman–Crippen LogP) is 7.20. The highest BCUT2D eigenvalue weighted by Crippen LogP contribution is 2.35. The molecule has 14 heteroatoms. The maximum Gasteiger partial charge on any atom is 0.338 e. The molecule has 0 spiro atoms. The Kier molecular flexibility index (Phi) is 16.2. The Bertz CT molecular complexity index is 2050. The van der Waals surface area contributed by atoms with E-state index in [4.69, 9.17) is 28.4 Å². The molecule has 5 rings (SSSR count). The van der Waals surface area contributed by atoms with Crippen molar-refractivity contribution in [1.82, 2.24) is 0 Å². The second-order valence-electron chi connectivity index (χ2n) is 15.0. The number of amides is 4. The Balaban J connectivity index is 1.30. The highest BCUT2D eigenvalue weighted by molar-refractivity contribution is 6.36. The molecule has 2 heterocycles. The predicted molar refractivity (Wildman–Crippen MR) is 232 cm³/mol. The molecule has 0 N–H and O–H groups in total. The van der Waals surface area contributed by atoms with E-state index >= 15 is 0 Å². The van der Waals surface area contributed by atoms with Gasteiger partial charge in [-0.2, -0.15) is 0 Å². The highest BCUT2D eigenvalue weighted by Gasteiger charge is 2.41. The van der Waals surface area contributed by atoms with Crippen LogP contribution in [0.4, 0.5) is 11.4 Å². The molecule has 326 valence electrons. The molecule has 0 aromatic heterocycles. The third-order valence-corrected chi connectivity index (χ3v) is 10.7. The third kappa shape index (κ3) is 10.4. The van der Waals surface area contributed by atoms with Crippen LogP contribution in [0.5, 0.6) is 0 Å². The Hall–Kier alpha value is -6.32. The number of esters is 2. The molecule has 4 amide bonds. The van der Waals surface area contributed by atoms with Gasteiger partial charge in [0.1, 0.15) is 13.2 Å². The molecule has 3 aromatic carbocycles. The van der Waals surface area contributed by atoms with Crippen LogP contribution in [-0.4, -0.2) is 102 Å². The van der Waals surface area contributed by atoms with E-state index in [0.29, 0.717) is 39.3 Å². The zero-order valence-corrected chi connectivity index (χ0v) is 35.2. The van der Waals surface area contributed by atoms with Crippen LogP contribution in [0.2, 0.25) is 0 Å². The Labute approximate surface area is 361 Å². The standard InChI is InChI=1S/C48H52N2O12/c1-7-20-57-27-47(11-5,28-58-21-8-2)31-61-45(55)33-16-18-37-39(24-33)43(53)49(41(37)51)35-14-13-15-36(26-35)50-42(52)38-19-17-34(25-40(38)44(50)54)46(56)62-32-48(12-6,29-59-22-9-3)30-60-23-10-4/h7-10,13-19,24-26H,1-4,11-12,20-23,27-32H2,5-6H3. The summed E-state index contributed by atoms with van der Waals surface area (Å²) < 4.78 is 34.2. The van der Waals surface area contributed by atoms with E-state index in [1.807, 2.05) is 13.8 Å². The van der Waals surface area contributed by atoms with Crippen molar-refractivity contribution in [2.75, 3.05) is 75.9 Å². The normalized spacial score (nSPS) is 13.5. The van der Waals surface area contributed by atoms with Crippen LogP contribution in [0, 0.1) is 10.8 Å². The van der Waals surface area contributed by atoms with Gasteiger partial charge >= 0.3 is 11.9 Å². The van der Waals surface area contributed by atoms with Gasteiger partial charge in [-0.1, -0.05) is 44.2 Å². The van der Waals surface area contributed by atoms with E-state index in [1.54, 1.807) is 24.3 Å². The van der Waals surface area contributed by atoms with Crippen molar-refractivity contribution in [3.05, 3.63) is 145 Å². The van der Waals surface area contributed by atoms with Gasteiger partial charge in [0.25, 0.3) is 23.6 Å². The number of imide groups is 2. The number of fused-ring (bicyclic) bond motifs is 2. The molecule has 14 nitrogen and oxygen atoms in total. The first-order valence-electron chi connectivity index (χ1n) is 20.2.